The van der Waals surface area contributed by atoms with E-state index in [4.69, 9.17) is 0 Å². The maximum Gasteiger partial charge on any atom is 0.352 e. The van der Waals surface area contributed by atoms with Crippen molar-refractivity contribution in [3.05, 3.63) is 44.6 Å². The molecule has 2 aliphatic rings. The number of carbonyl (C=O) groups is 2. The quantitative estimate of drug-likeness (QED) is 0.531. The molecule has 2 fully saturated rings. The molecule has 0 atom stereocenters. The lowest BCUT2D eigenvalue weighted by atomic mass is 9.95. The third-order valence-electron chi connectivity index (χ3n) is 7.71. The first-order valence-corrected chi connectivity index (χ1v) is 13.6. The fourth-order valence-electron chi connectivity index (χ4n) is 5.76. The van der Waals surface area contributed by atoms with Crippen molar-refractivity contribution in [2.45, 2.75) is 103 Å². The van der Waals surface area contributed by atoms with Crippen molar-refractivity contribution in [2.75, 3.05) is 0 Å². The number of carbonyl (C=O) groups excluding carboxylic acids is 2. The molecule has 5 rings (SSSR count). The monoisotopic (exact) mass is 508 g/mol. The zero-order valence-corrected chi connectivity index (χ0v) is 21.7. The molecule has 10 heteroatoms. The van der Waals surface area contributed by atoms with Crippen LogP contribution in [0.25, 0.3) is 16.7 Å². The second kappa shape index (κ2) is 10.5. The van der Waals surface area contributed by atoms with Gasteiger partial charge in [0.2, 0.25) is 11.7 Å². The highest BCUT2D eigenvalue weighted by molar-refractivity contribution is 5.98. The molecule has 2 amide bonds. The molecule has 2 saturated carbocycles. The van der Waals surface area contributed by atoms with Gasteiger partial charge in [-0.1, -0.05) is 38.5 Å². The number of hydrogen-bond acceptors (Lipinski definition) is 5. The molecule has 0 radical (unpaired) electrons. The third-order valence-corrected chi connectivity index (χ3v) is 7.71. The SMILES string of the molecule is CC(C)n1c(=O)c2ccc(C(=O)NC3CCCCC3)cc2n2c(=O)n(CC(=O)NC3CCCCC3)nc12. The number of aromatic nitrogens is 4. The lowest BCUT2D eigenvalue weighted by Gasteiger charge is -2.22. The number of amides is 2. The van der Waals surface area contributed by atoms with Crippen LogP contribution in [0.5, 0.6) is 0 Å². The summed E-state index contributed by atoms with van der Waals surface area (Å²) in [5.41, 5.74) is -0.105. The number of rotatable bonds is 6. The van der Waals surface area contributed by atoms with E-state index in [2.05, 4.69) is 15.7 Å². The maximum absolute atomic E-state index is 13.5. The molecule has 2 aliphatic carbocycles. The van der Waals surface area contributed by atoms with Gasteiger partial charge in [-0.05, 0) is 57.7 Å². The minimum atomic E-state index is -0.516. The fourth-order valence-corrected chi connectivity index (χ4v) is 5.76. The topological polar surface area (TPSA) is 120 Å². The molecule has 0 bridgehead atoms. The Morgan fingerprint density at radius 3 is 2.19 bits per heavy atom. The minimum absolute atomic E-state index is 0.119. The van der Waals surface area contributed by atoms with Crippen LogP contribution in [0.15, 0.2) is 27.8 Å². The molecular weight excluding hydrogens is 472 g/mol. The van der Waals surface area contributed by atoms with Gasteiger partial charge in [-0.2, -0.15) is 0 Å². The van der Waals surface area contributed by atoms with Crippen molar-refractivity contribution in [2.24, 2.45) is 0 Å². The van der Waals surface area contributed by atoms with Gasteiger partial charge in [-0.25, -0.2) is 13.9 Å². The Bertz CT molecular complexity index is 1440. The Kier molecular flexibility index (Phi) is 7.17. The second-order valence-corrected chi connectivity index (χ2v) is 10.8. The van der Waals surface area contributed by atoms with E-state index in [0.29, 0.717) is 16.5 Å². The minimum Gasteiger partial charge on any atom is -0.352 e. The van der Waals surface area contributed by atoms with Crippen LogP contribution < -0.4 is 21.9 Å². The molecule has 198 valence electrons. The van der Waals surface area contributed by atoms with Crippen LogP contribution in [0, 0.1) is 0 Å². The summed E-state index contributed by atoms with van der Waals surface area (Å²) in [6.45, 7) is 3.46. The van der Waals surface area contributed by atoms with E-state index in [0.717, 1.165) is 56.0 Å². The van der Waals surface area contributed by atoms with Crippen molar-refractivity contribution in [3.63, 3.8) is 0 Å². The Morgan fingerprint density at radius 2 is 1.57 bits per heavy atom. The number of fused-ring (bicyclic) bond motifs is 3. The standard InChI is InChI=1S/C27H36N6O4/c1-17(2)32-25(36)21-14-13-18(24(35)29-20-11-7-4-8-12-20)15-22(21)33-26(32)30-31(27(33)37)16-23(34)28-19-9-5-3-6-10-19/h13-15,17,19-20H,3-12,16H2,1-2H3,(H,28,34)(H,29,35). The van der Waals surface area contributed by atoms with Gasteiger partial charge in [0.25, 0.3) is 11.5 Å². The Hall–Kier alpha value is -3.43. The van der Waals surface area contributed by atoms with Crippen LogP contribution in [0.2, 0.25) is 0 Å². The van der Waals surface area contributed by atoms with E-state index < -0.39 is 5.69 Å². The fraction of sp³-hybridized carbons (Fsp3) is 0.593. The summed E-state index contributed by atoms with van der Waals surface area (Å²) in [5.74, 6) is -0.331. The summed E-state index contributed by atoms with van der Waals surface area (Å²) in [4.78, 5) is 52.7. The average Bonchev–Trinajstić information content (AvgIpc) is 3.20. The van der Waals surface area contributed by atoms with Crippen LogP contribution in [-0.2, 0) is 11.3 Å². The summed E-state index contributed by atoms with van der Waals surface area (Å²) in [6.07, 6.45) is 10.5. The zero-order valence-electron chi connectivity index (χ0n) is 21.7. The molecule has 1 aromatic carbocycles. The molecule has 0 unspecified atom stereocenters. The van der Waals surface area contributed by atoms with Crippen molar-refractivity contribution in [1.29, 1.82) is 0 Å². The first-order chi connectivity index (χ1) is 17.8. The van der Waals surface area contributed by atoms with E-state index in [-0.39, 0.29) is 47.8 Å². The molecule has 10 nitrogen and oxygen atoms in total. The third kappa shape index (κ3) is 5.06. The molecule has 0 saturated heterocycles. The van der Waals surface area contributed by atoms with Crippen molar-refractivity contribution >= 4 is 28.5 Å². The summed E-state index contributed by atoms with van der Waals surface area (Å²) in [5, 5.41) is 10.8. The van der Waals surface area contributed by atoms with Crippen LogP contribution in [0.1, 0.15) is 94.5 Å². The Balaban J connectivity index is 1.54. The summed E-state index contributed by atoms with van der Waals surface area (Å²) in [7, 11) is 0. The van der Waals surface area contributed by atoms with E-state index >= 15 is 0 Å². The summed E-state index contributed by atoms with van der Waals surface area (Å²) >= 11 is 0. The normalized spacial score (nSPS) is 17.5. The smallest absolute Gasteiger partial charge is 0.352 e. The van der Waals surface area contributed by atoms with Crippen LogP contribution >= 0.6 is 0 Å². The van der Waals surface area contributed by atoms with Crippen molar-refractivity contribution in [3.8, 4) is 0 Å². The first-order valence-electron chi connectivity index (χ1n) is 13.6. The Morgan fingerprint density at radius 1 is 0.946 bits per heavy atom. The average molecular weight is 509 g/mol. The summed E-state index contributed by atoms with van der Waals surface area (Å²) in [6, 6.07) is 4.81. The zero-order chi connectivity index (χ0) is 26.1. The Labute approximate surface area is 215 Å². The second-order valence-electron chi connectivity index (χ2n) is 10.8. The molecule has 2 heterocycles. The number of nitrogens with zero attached hydrogens (tertiary/aromatic N) is 4. The molecule has 0 aliphatic heterocycles. The van der Waals surface area contributed by atoms with Crippen LogP contribution in [-0.4, -0.2) is 42.6 Å². The van der Waals surface area contributed by atoms with Crippen LogP contribution in [0.3, 0.4) is 0 Å². The van der Waals surface area contributed by atoms with Gasteiger partial charge in [-0.15, -0.1) is 5.10 Å². The van der Waals surface area contributed by atoms with Gasteiger partial charge in [0, 0.05) is 23.7 Å². The highest BCUT2D eigenvalue weighted by atomic mass is 16.2. The molecule has 2 N–H and O–H groups in total. The summed E-state index contributed by atoms with van der Waals surface area (Å²) < 4.78 is 3.92. The number of hydrogen-bond donors (Lipinski definition) is 2. The van der Waals surface area contributed by atoms with Gasteiger partial charge in [0.05, 0.1) is 10.9 Å². The van der Waals surface area contributed by atoms with E-state index in [9.17, 15) is 19.2 Å². The molecule has 2 aromatic heterocycles. The molecular formula is C27H36N6O4. The predicted octanol–water partition coefficient (Wildman–Crippen LogP) is 2.90. The maximum atomic E-state index is 13.5. The predicted molar refractivity (Wildman–Crippen MR) is 141 cm³/mol. The van der Waals surface area contributed by atoms with Gasteiger partial charge >= 0.3 is 5.69 Å². The van der Waals surface area contributed by atoms with E-state index in [1.165, 1.54) is 21.8 Å². The lowest BCUT2D eigenvalue weighted by molar-refractivity contribution is -0.122. The van der Waals surface area contributed by atoms with Gasteiger partial charge in [-0.3, -0.25) is 19.0 Å². The number of nitrogens with one attached hydrogen (secondary N) is 2. The van der Waals surface area contributed by atoms with Gasteiger partial charge in [0.1, 0.15) is 6.54 Å². The highest BCUT2D eigenvalue weighted by Gasteiger charge is 2.23. The van der Waals surface area contributed by atoms with Gasteiger partial charge < -0.3 is 10.6 Å². The molecule has 37 heavy (non-hydrogen) atoms. The van der Waals surface area contributed by atoms with Gasteiger partial charge in [0.15, 0.2) is 0 Å². The molecule has 3 aromatic rings. The van der Waals surface area contributed by atoms with Crippen molar-refractivity contribution in [1.82, 2.24) is 29.4 Å². The molecule has 0 spiro atoms. The lowest BCUT2D eigenvalue weighted by Crippen LogP contribution is -2.40. The van der Waals surface area contributed by atoms with Crippen LogP contribution in [0.4, 0.5) is 0 Å². The van der Waals surface area contributed by atoms with Crippen molar-refractivity contribution < 1.29 is 9.59 Å². The van der Waals surface area contributed by atoms with E-state index in [1.54, 1.807) is 18.2 Å². The van der Waals surface area contributed by atoms with E-state index in [1.807, 2.05) is 13.8 Å². The number of benzene rings is 1. The highest BCUT2D eigenvalue weighted by Crippen LogP contribution is 2.20. The largest absolute Gasteiger partial charge is 0.352 e. The first kappa shape index (κ1) is 25.2.